The number of ether oxygens (including phenoxy) is 2. The van der Waals surface area contributed by atoms with Crippen LogP contribution in [0.3, 0.4) is 0 Å². The Morgan fingerprint density at radius 1 is 1.32 bits per heavy atom. The minimum absolute atomic E-state index is 0.0918. The summed E-state index contributed by atoms with van der Waals surface area (Å²) >= 11 is 0. The molecule has 8 heteroatoms. The smallest absolute Gasteiger partial charge is 0.243 e. The number of benzene rings is 1. The van der Waals surface area contributed by atoms with Crippen LogP contribution in [0, 0.1) is 5.82 Å². The van der Waals surface area contributed by atoms with Gasteiger partial charge in [0.25, 0.3) is 0 Å². The zero-order valence-electron chi connectivity index (χ0n) is 10.8. The molecule has 1 aromatic carbocycles. The Morgan fingerprint density at radius 3 is 2.32 bits per heavy atom. The Morgan fingerprint density at radius 2 is 1.84 bits per heavy atom. The van der Waals surface area contributed by atoms with Crippen LogP contribution in [0.1, 0.15) is 6.92 Å². The summed E-state index contributed by atoms with van der Waals surface area (Å²) in [6, 6.07) is 1.23. The number of hydrogen-bond acceptors (Lipinski definition) is 5. The molecule has 108 valence electrons. The quantitative estimate of drug-likeness (QED) is 0.798. The molecule has 0 heterocycles. The Labute approximate surface area is 111 Å². The summed E-state index contributed by atoms with van der Waals surface area (Å²) in [6.07, 6.45) is 0. The van der Waals surface area contributed by atoms with Crippen LogP contribution < -0.4 is 14.2 Å². The van der Waals surface area contributed by atoms with E-state index in [1.54, 1.807) is 0 Å². The van der Waals surface area contributed by atoms with E-state index in [0.29, 0.717) is 0 Å². The summed E-state index contributed by atoms with van der Waals surface area (Å²) < 4.78 is 49.6. The largest absolute Gasteiger partial charge is 0.493 e. The van der Waals surface area contributed by atoms with E-state index in [1.807, 2.05) is 0 Å². The molecule has 1 rings (SSSR count). The van der Waals surface area contributed by atoms with Crippen molar-refractivity contribution in [1.29, 1.82) is 0 Å². The number of aliphatic hydroxyl groups excluding tert-OH is 1. The number of hydrogen-bond donors (Lipinski definition) is 2. The monoisotopic (exact) mass is 293 g/mol. The van der Waals surface area contributed by atoms with Gasteiger partial charge in [-0.05, 0) is 6.92 Å². The zero-order valence-corrected chi connectivity index (χ0v) is 11.6. The van der Waals surface area contributed by atoms with Crippen molar-refractivity contribution >= 4 is 10.0 Å². The lowest BCUT2D eigenvalue weighted by Crippen LogP contribution is -2.35. The third-order valence-electron chi connectivity index (χ3n) is 2.36. The second-order valence-electron chi connectivity index (χ2n) is 3.84. The van der Waals surface area contributed by atoms with Gasteiger partial charge in [0, 0.05) is 18.2 Å². The first-order valence-corrected chi connectivity index (χ1v) is 6.88. The van der Waals surface area contributed by atoms with Gasteiger partial charge in [-0.15, -0.1) is 0 Å². The molecular formula is C11H16FNO5S. The molecule has 0 aliphatic carbocycles. The van der Waals surface area contributed by atoms with Crippen LogP contribution in [-0.4, -0.2) is 40.4 Å². The number of rotatable bonds is 6. The van der Waals surface area contributed by atoms with E-state index in [9.17, 15) is 12.8 Å². The summed E-state index contributed by atoms with van der Waals surface area (Å²) in [6.45, 7) is 1.06. The van der Waals surface area contributed by atoms with Gasteiger partial charge in [0.05, 0.1) is 20.8 Å². The summed E-state index contributed by atoms with van der Waals surface area (Å²) in [4.78, 5) is -0.564. The highest BCUT2D eigenvalue weighted by Gasteiger charge is 2.24. The first-order chi connectivity index (χ1) is 8.85. The molecule has 1 aromatic rings. The van der Waals surface area contributed by atoms with E-state index in [1.165, 1.54) is 21.1 Å². The minimum atomic E-state index is -4.08. The van der Waals surface area contributed by atoms with Gasteiger partial charge in [-0.25, -0.2) is 17.5 Å². The van der Waals surface area contributed by atoms with Crippen molar-refractivity contribution in [3.8, 4) is 11.5 Å². The summed E-state index contributed by atoms with van der Waals surface area (Å²) in [5.41, 5.74) is 0. The highest BCUT2D eigenvalue weighted by molar-refractivity contribution is 7.89. The summed E-state index contributed by atoms with van der Waals surface area (Å²) in [7, 11) is -1.45. The van der Waals surface area contributed by atoms with E-state index in [0.717, 1.165) is 12.1 Å². The van der Waals surface area contributed by atoms with Crippen molar-refractivity contribution in [2.75, 3.05) is 20.8 Å². The molecule has 0 spiro atoms. The van der Waals surface area contributed by atoms with E-state index in [2.05, 4.69) is 4.72 Å². The Kier molecular flexibility index (Phi) is 5.10. The molecule has 0 radical (unpaired) electrons. The van der Waals surface area contributed by atoms with Crippen LogP contribution in [0.15, 0.2) is 17.0 Å². The van der Waals surface area contributed by atoms with Gasteiger partial charge in [0.2, 0.25) is 10.0 Å². The molecule has 0 fully saturated rings. The van der Waals surface area contributed by atoms with E-state index >= 15 is 0 Å². The zero-order chi connectivity index (χ0) is 14.6. The van der Waals surface area contributed by atoms with Crippen molar-refractivity contribution in [3.63, 3.8) is 0 Å². The average Bonchev–Trinajstić information content (AvgIpc) is 2.37. The van der Waals surface area contributed by atoms with Crippen LogP contribution in [0.5, 0.6) is 11.5 Å². The molecule has 1 atom stereocenters. The normalized spacial score (nSPS) is 13.1. The molecule has 19 heavy (non-hydrogen) atoms. The first kappa shape index (κ1) is 15.7. The maximum Gasteiger partial charge on any atom is 0.243 e. The molecular weight excluding hydrogens is 277 g/mol. The van der Waals surface area contributed by atoms with Crippen LogP contribution >= 0.6 is 0 Å². The molecule has 0 saturated heterocycles. The van der Waals surface area contributed by atoms with Gasteiger partial charge < -0.3 is 14.6 Å². The van der Waals surface area contributed by atoms with E-state index < -0.39 is 33.4 Å². The molecule has 0 aliphatic rings. The first-order valence-electron chi connectivity index (χ1n) is 5.40. The fourth-order valence-electron chi connectivity index (χ4n) is 1.41. The third-order valence-corrected chi connectivity index (χ3v) is 3.96. The fraction of sp³-hybridized carbons (Fsp3) is 0.455. The minimum Gasteiger partial charge on any atom is -0.493 e. The highest BCUT2D eigenvalue weighted by Crippen LogP contribution is 2.31. The van der Waals surface area contributed by atoms with Crippen LogP contribution in [0.25, 0.3) is 0 Å². The Bertz CT molecular complexity index is 546. The third kappa shape index (κ3) is 3.55. The maximum atomic E-state index is 13.8. The molecule has 0 saturated carbocycles. The fourth-order valence-corrected chi connectivity index (χ4v) is 2.72. The van der Waals surface area contributed by atoms with Gasteiger partial charge in [-0.3, -0.25) is 0 Å². The number of methoxy groups -OCH3 is 2. The van der Waals surface area contributed by atoms with Crippen molar-refractivity contribution in [2.45, 2.75) is 17.9 Å². The van der Waals surface area contributed by atoms with Gasteiger partial charge in [-0.1, -0.05) is 0 Å². The number of nitrogens with one attached hydrogen (secondary N) is 1. The Balaban J connectivity index is 3.27. The molecule has 0 aromatic heterocycles. The van der Waals surface area contributed by atoms with Crippen molar-refractivity contribution in [3.05, 3.63) is 17.9 Å². The standard InChI is InChI=1S/C11H16FNO5S/c1-7(6-14)13-19(15,16)11-5-10(18-3)9(17-2)4-8(11)12/h4-5,7,13-14H,6H2,1-3H3/t7-/m1/s1. The number of aliphatic hydroxyl groups is 1. The van der Waals surface area contributed by atoms with Crippen LogP contribution in [-0.2, 0) is 10.0 Å². The summed E-state index contributed by atoms with van der Waals surface area (Å²) in [5, 5.41) is 8.83. The SMILES string of the molecule is COc1cc(F)c(S(=O)(=O)N[C@H](C)CO)cc1OC. The highest BCUT2D eigenvalue weighted by atomic mass is 32.2. The van der Waals surface area contributed by atoms with E-state index in [-0.39, 0.29) is 11.5 Å². The molecule has 6 nitrogen and oxygen atoms in total. The van der Waals surface area contributed by atoms with Crippen molar-refractivity contribution < 1.29 is 27.4 Å². The Hall–Kier alpha value is -1.38. The summed E-state index contributed by atoms with van der Waals surface area (Å²) in [5.74, 6) is -0.773. The lowest BCUT2D eigenvalue weighted by atomic mass is 10.3. The van der Waals surface area contributed by atoms with Gasteiger partial charge >= 0.3 is 0 Å². The lowest BCUT2D eigenvalue weighted by molar-refractivity contribution is 0.265. The topological polar surface area (TPSA) is 84.9 Å². The molecule has 0 unspecified atom stereocenters. The average molecular weight is 293 g/mol. The maximum absolute atomic E-state index is 13.8. The molecule has 0 aliphatic heterocycles. The predicted octanol–water partition coefficient (Wildman–Crippen LogP) is 0.502. The molecule has 0 bridgehead atoms. The molecule has 2 N–H and O–H groups in total. The second-order valence-corrected chi connectivity index (χ2v) is 5.52. The second kappa shape index (κ2) is 6.18. The van der Waals surface area contributed by atoms with Crippen molar-refractivity contribution in [1.82, 2.24) is 4.72 Å². The van der Waals surface area contributed by atoms with Gasteiger partial charge in [0.15, 0.2) is 11.5 Å². The van der Waals surface area contributed by atoms with Gasteiger partial charge in [0.1, 0.15) is 10.7 Å². The van der Waals surface area contributed by atoms with Crippen LogP contribution in [0.2, 0.25) is 0 Å². The predicted molar refractivity (Wildman–Crippen MR) is 66.4 cm³/mol. The lowest BCUT2D eigenvalue weighted by Gasteiger charge is -2.14. The van der Waals surface area contributed by atoms with Crippen molar-refractivity contribution in [2.24, 2.45) is 0 Å². The number of halogens is 1. The van der Waals surface area contributed by atoms with Gasteiger partial charge in [-0.2, -0.15) is 0 Å². The number of sulfonamides is 1. The molecule has 0 amide bonds. The van der Waals surface area contributed by atoms with Crippen LogP contribution in [0.4, 0.5) is 4.39 Å². The van der Waals surface area contributed by atoms with E-state index in [4.69, 9.17) is 14.6 Å².